The van der Waals surface area contributed by atoms with Crippen LogP contribution in [0.3, 0.4) is 0 Å². The van der Waals surface area contributed by atoms with Crippen LogP contribution in [0.25, 0.3) is 22.5 Å². The molecule has 0 aliphatic heterocycles. The second-order valence-corrected chi connectivity index (χ2v) is 7.09. The van der Waals surface area contributed by atoms with Crippen LogP contribution in [0.15, 0.2) is 52.9 Å². The monoisotopic (exact) mass is 420 g/mol. The van der Waals surface area contributed by atoms with Gasteiger partial charge in [0.25, 0.3) is 5.89 Å². The van der Waals surface area contributed by atoms with Crippen molar-refractivity contribution in [2.24, 2.45) is 0 Å². The summed E-state index contributed by atoms with van der Waals surface area (Å²) >= 11 is 0. The first-order valence-corrected chi connectivity index (χ1v) is 9.95. The number of amides is 1. The molecule has 1 N–H and O–H groups in total. The second-order valence-electron chi connectivity index (χ2n) is 7.09. The Bertz CT molecular complexity index is 1210. The van der Waals surface area contributed by atoms with Crippen molar-refractivity contribution in [1.29, 1.82) is 0 Å². The number of nitrogens with one attached hydrogen (secondary N) is 1. The number of nitrogens with zero attached hydrogens (tertiary/aromatic N) is 3. The lowest BCUT2D eigenvalue weighted by Gasteiger charge is -2.11. The largest absolute Gasteiger partial charge is 0.493 e. The lowest BCUT2D eigenvalue weighted by atomic mass is 10.1. The second kappa shape index (κ2) is 8.91. The van der Waals surface area contributed by atoms with E-state index >= 15 is 0 Å². The highest BCUT2D eigenvalue weighted by molar-refractivity contribution is 5.88. The number of hydrogen-bond donors (Lipinski definition) is 1. The smallest absolute Gasteiger partial charge is 0.264 e. The zero-order valence-corrected chi connectivity index (χ0v) is 17.7. The molecule has 2 heterocycles. The molecule has 4 aromatic rings. The molecule has 0 fully saturated rings. The van der Waals surface area contributed by atoms with Crippen LogP contribution >= 0.6 is 0 Å². The van der Waals surface area contributed by atoms with E-state index in [0.29, 0.717) is 36.2 Å². The minimum Gasteiger partial charge on any atom is -0.493 e. The third-order valence-corrected chi connectivity index (χ3v) is 5.04. The van der Waals surface area contributed by atoms with E-state index in [1.54, 1.807) is 21.1 Å². The van der Waals surface area contributed by atoms with Crippen molar-refractivity contribution in [3.05, 3.63) is 60.0 Å². The number of methoxy groups -OCH3 is 2. The fraction of sp³-hybridized carbons (Fsp3) is 0.261. The molecule has 0 unspecified atom stereocenters. The van der Waals surface area contributed by atoms with Gasteiger partial charge in [-0.1, -0.05) is 24.3 Å². The molecule has 0 aliphatic rings. The first kappa shape index (κ1) is 20.5. The highest BCUT2D eigenvalue weighted by Gasteiger charge is 2.17. The van der Waals surface area contributed by atoms with Gasteiger partial charge in [-0.2, -0.15) is 0 Å². The molecule has 0 atom stereocenters. The summed E-state index contributed by atoms with van der Waals surface area (Å²) in [6.07, 6.45) is 0.675. The summed E-state index contributed by atoms with van der Waals surface area (Å²) in [5.41, 5.74) is 2.70. The van der Waals surface area contributed by atoms with Crippen LogP contribution in [0.1, 0.15) is 11.5 Å². The van der Waals surface area contributed by atoms with Crippen molar-refractivity contribution < 1.29 is 18.7 Å². The van der Waals surface area contributed by atoms with Crippen LogP contribution in [0.5, 0.6) is 11.5 Å². The van der Waals surface area contributed by atoms with E-state index in [2.05, 4.69) is 15.5 Å². The Morgan fingerprint density at radius 2 is 1.87 bits per heavy atom. The average Bonchev–Trinajstić information content (AvgIpc) is 3.37. The number of ether oxygens (including phenoxy) is 2. The molecule has 8 heteroatoms. The van der Waals surface area contributed by atoms with Crippen LogP contribution in [0.2, 0.25) is 0 Å². The number of hydrogen-bond acceptors (Lipinski definition) is 6. The lowest BCUT2D eigenvalue weighted by molar-refractivity contribution is -0.121. The van der Waals surface area contributed by atoms with Gasteiger partial charge in [0, 0.05) is 24.4 Å². The number of carbonyl (C=O) groups is 1. The molecule has 0 saturated heterocycles. The van der Waals surface area contributed by atoms with Crippen molar-refractivity contribution >= 4 is 16.8 Å². The quantitative estimate of drug-likeness (QED) is 0.470. The molecular formula is C23H24N4O4. The molecule has 0 saturated carbocycles. The maximum absolute atomic E-state index is 12.7. The fourth-order valence-corrected chi connectivity index (χ4v) is 3.54. The number of para-hydroxylation sites is 1. The Hall–Kier alpha value is -3.81. The van der Waals surface area contributed by atoms with Gasteiger partial charge in [-0.15, -0.1) is 10.2 Å². The van der Waals surface area contributed by atoms with E-state index < -0.39 is 0 Å². The summed E-state index contributed by atoms with van der Waals surface area (Å²) in [5, 5.41) is 12.0. The topological polar surface area (TPSA) is 91.4 Å². The van der Waals surface area contributed by atoms with Crippen LogP contribution in [-0.4, -0.2) is 41.4 Å². The molecule has 0 radical (unpaired) electrons. The normalized spacial score (nSPS) is 10.9. The molecule has 160 valence electrons. The van der Waals surface area contributed by atoms with E-state index in [0.717, 1.165) is 22.2 Å². The number of rotatable bonds is 8. The van der Waals surface area contributed by atoms with Crippen LogP contribution in [0, 0.1) is 6.92 Å². The van der Waals surface area contributed by atoms with Crippen molar-refractivity contribution in [3.8, 4) is 23.1 Å². The average molecular weight is 420 g/mol. The molecule has 1 amide bonds. The van der Waals surface area contributed by atoms with Crippen molar-refractivity contribution in [2.45, 2.75) is 19.9 Å². The number of fused-ring (bicyclic) bond motifs is 1. The zero-order valence-electron chi connectivity index (χ0n) is 17.7. The minimum absolute atomic E-state index is 0.0979. The minimum atomic E-state index is -0.0979. The Kier molecular flexibility index (Phi) is 5.88. The molecule has 0 aliphatic carbocycles. The van der Waals surface area contributed by atoms with E-state index in [1.165, 1.54) is 0 Å². The van der Waals surface area contributed by atoms with Crippen molar-refractivity contribution in [2.75, 3.05) is 20.8 Å². The van der Waals surface area contributed by atoms with Crippen LogP contribution in [-0.2, 0) is 17.8 Å². The van der Waals surface area contributed by atoms with Crippen molar-refractivity contribution in [3.63, 3.8) is 0 Å². The Balaban J connectivity index is 1.46. The summed E-state index contributed by atoms with van der Waals surface area (Å²) in [7, 11) is 3.21. The van der Waals surface area contributed by atoms with Gasteiger partial charge in [-0.25, -0.2) is 0 Å². The molecule has 0 spiro atoms. The highest BCUT2D eigenvalue weighted by Crippen LogP contribution is 2.28. The lowest BCUT2D eigenvalue weighted by Crippen LogP contribution is -2.29. The summed E-state index contributed by atoms with van der Waals surface area (Å²) in [4.78, 5) is 12.7. The standard InChI is InChI=1S/C23H24N4O4/c1-15-25-26-23(31-15)19-13-17-6-4-5-7-18(17)27(19)14-22(28)24-11-10-16-8-9-20(29-2)21(12-16)30-3/h4-9,12-13H,10-11,14H2,1-3H3,(H,24,28). The van der Waals surface area contributed by atoms with Gasteiger partial charge in [0.05, 0.1) is 14.2 Å². The van der Waals surface area contributed by atoms with Gasteiger partial charge < -0.3 is 23.8 Å². The van der Waals surface area contributed by atoms with Gasteiger partial charge in [-0.3, -0.25) is 4.79 Å². The number of carbonyl (C=O) groups excluding carboxylic acids is 1. The van der Waals surface area contributed by atoms with Crippen LogP contribution < -0.4 is 14.8 Å². The van der Waals surface area contributed by atoms with Gasteiger partial charge in [-0.05, 0) is 36.2 Å². The SMILES string of the molecule is COc1ccc(CCNC(=O)Cn2c(-c3nnc(C)o3)cc3ccccc32)cc1OC. The zero-order chi connectivity index (χ0) is 21.8. The Labute approximate surface area is 179 Å². The maximum atomic E-state index is 12.7. The van der Waals surface area contributed by atoms with Gasteiger partial charge in [0.1, 0.15) is 12.2 Å². The molecule has 2 aromatic heterocycles. The third-order valence-electron chi connectivity index (χ3n) is 5.04. The Morgan fingerprint density at radius 1 is 1.06 bits per heavy atom. The highest BCUT2D eigenvalue weighted by atomic mass is 16.5. The molecule has 2 aromatic carbocycles. The van der Waals surface area contributed by atoms with Gasteiger partial charge >= 0.3 is 0 Å². The maximum Gasteiger partial charge on any atom is 0.264 e. The van der Waals surface area contributed by atoms with E-state index in [4.69, 9.17) is 13.9 Å². The molecule has 8 nitrogen and oxygen atoms in total. The first-order valence-electron chi connectivity index (χ1n) is 9.95. The van der Waals surface area contributed by atoms with E-state index in [9.17, 15) is 4.79 Å². The molecule has 31 heavy (non-hydrogen) atoms. The molecular weight excluding hydrogens is 396 g/mol. The summed E-state index contributed by atoms with van der Waals surface area (Å²) < 4.78 is 18.1. The molecule has 0 bridgehead atoms. The number of aryl methyl sites for hydroxylation is 1. The Morgan fingerprint density at radius 3 is 2.61 bits per heavy atom. The van der Waals surface area contributed by atoms with Crippen molar-refractivity contribution in [1.82, 2.24) is 20.1 Å². The van der Waals surface area contributed by atoms with E-state index in [-0.39, 0.29) is 12.5 Å². The summed E-state index contributed by atoms with van der Waals surface area (Å²) in [5.74, 6) is 2.13. The first-order chi connectivity index (χ1) is 15.1. The fourth-order valence-electron chi connectivity index (χ4n) is 3.54. The predicted molar refractivity (Wildman–Crippen MR) is 116 cm³/mol. The van der Waals surface area contributed by atoms with Crippen LogP contribution in [0.4, 0.5) is 0 Å². The van der Waals surface area contributed by atoms with Gasteiger partial charge in [0.2, 0.25) is 11.8 Å². The third kappa shape index (κ3) is 4.37. The molecule has 4 rings (SSSR count). The predicted octanol–water partition coefficient (Wildman–Crippen LogP) is 3.38. The number of benzene rings is 2. The van der Waals surface area contributed by atoms with E-state index in [1.807, 2.05) is 53.1 Å². The summed E-state index contributed by atoms with van der Waals surface area (Å²) in [6.45, 7) is 2.39. The van der Waals surface area contributed by atoms with Gasteiger partial charge in [0.15, 0.2) is 11.5 Å². The number of aromatic nitrogens is 3. The summed E-state index contributed by atoms with van der Waals surface area (Å²) in [6, 6.07) is 15.6.